The molecule has 9 heteroatoms. The number of hydrogen-bond acceptors (Lipinski definition) is 5. The Morgan fingerprint density at radius 3 is 2.78 bits per heavy atom. The van der Waals surface area contributed by atoms with Crippen molar-refractivity contribution in [2.24, 2.45) is 0 Å². The molecule has 0 radical (unpaired) electrons. The molecule has 1 unspecified atom stereocenters. The van der Waals surface area contributed by atoms with E-state index < -0.39 is 23.1 Å². The van der Waals surface area contributed by atoms with Crippen molar-refractivity contribution in [2.75, 3.05) is 6.54 Å². The van der Waals surface area contributed by atoms with Crippen molar-refractivity contribution in [3.63, 3.8) is 0 Å². The number of rotatable bonds is 7. The molecule has 0 bridgehead atoms. The molecule has 2 aromatic carbocycles. The van der Waals surface area contributed by atoms with Crippen LogP contribution in [0.1, 0.15) is 11.3 Å². The lowest BCUT2D eigenvalue weighted by atomic mass is 9.92. The average molecular weight is 435 g/mol. The van der Waals surface area contributed by atoms with Gasteiger partial charge >= 0.3 is 0 Å². The molecule has 162 valence electrons. The van der Waals surface area contributed by atoms with E-state index in [4.69, 9.17) is 0 Å². The first-order valence-electron chi connectivity index (χ1n) is 9.75. The largest absolute Gasteiger partial charge is 0.381 e. The van der Waals surface area contributed by atoms with Gasteiger partial charge in [0.15, 0.2) is 0 Å². The van der Waals surface area contributed by atoms with Crippen molar-refractivity contribution in [1.82, 2.24) is 25.1 Å². The highest BCUT2D eigenvalue weighted by molar-refractivity contribution is 5.92. The molecule has 32 heavy (non-hydrogen) atoms. The van der Waals surface area contributed by atoms with Gasteiger partial charge in [-0.1, -0.05) is 30.3 Å². The number of nitrogens with one attached hydrogen (secondary N) is 1. The van der Waals surface area contributed by atoms with Crippen LogP contribution in [0.2, 0.25) is 0 Å². The van der Waals surface area contributed by atoms with Gasteiger partial charge < -0.3 is 10.4 Å². The smallest absolute Gasteiger partial charge is 0.244 e. The van der Waals surface area contributed by atoms with Gasteiger partial charge in [0.1, 0.15) is 29.9 Å². The minimum Gasteiger partial charge on any atom is -0.381 e. The second-order valence-electron chi connectivity index (χ2n) is 7.23. The number of aliphatic hydroxyl groups is 1. The van der Waals surface area contributed by atoms with Gasteiger partial charge in [0.25, 0.3) is 0 Å². The summed E-state index contributed by atoms with van der Waals surface area (Å²) in [6, 6.07) is 14.1. The number of pyridine rings is 1. The number of carbonyl (C=O) groups excluding carboxylic acids is 1. The van der Waals surface area contributed by atoms with Gasteiger partial charge in [0, 0.05) is 23.1 Å². The molecule has 1 amide bonds. The molecular weight excluding hydrogens is 416 g/mol. The van der Waals surface area contributed by atoms with Crippen molar-refractivity contribution >= 4 is 22.9 Å². The fourth-order valence-corrected chi connectivity index (χ4v) is 3.31. The van der Waals surface area contributed by atoms with Crippen molar-refractivity contribution < 1.29 is 18.7 Å². The van der Waals surface area contributed by atoms with Gasteiger partial charge in [-0.25, -0.2) is 23.4 Å². The third-order valence-electron chi connectivity index (χ3n) is 4.90. The fraction of sp³-hybridized carbons (Fsp3) is 0.130. The summed E-state index contributed by atoms with van der Waals surface area (Å²) in [6.45, 7) is -0.546. The molecule has 0 aliphatic carbocycles. The maximum absolute atomic E-state index is 14.4. The molecular formula is C23H19F2N5O2. The highest BCUT2D eigenvalue weighted by atomic mass is 19.1. The summed E-state index contributed by atoms with van der Waals surface area (Å²) in [5.41, 5.74) is -0.684. The number of carbonyl (C=O) groups is 1. The highest BCUT2D eigenvalue weighted by Gasteiger charge is 2.34. The summed E-state index contributed by atoms with van der Waals surface area (Å²) in [6.07, 6.45) is 5.42. The molecule has 7 nitrogen and oxygen atoms in total. The quantitative estimate of drug-likeness (QED) is 0.436. The molecule has 4 aromatic rings. The Balaban J connectivity index is 1.50. The zero-order chi connectivity index (χ0) is 22.6. The molecule has 0 spiro atoms. The summed E-state index contributed by atoms with van der Waals surface area (Å²) < 4.78 is 29.1. The van der Waals surface area contributed by atoms with E-state index in [9.17, 15) is 18.7 Å². The van der Waals surface area contributed by atoms with Crippen LogP contribution in [0, 0.1) is 11.6 Å². The summed E-state index contributed by atoms with van der Waals surface area (Å²) in [7, 11) is 0. The van der Waals surface area contributed by atoms with Gasteiger partial charge in [0.2, 0.25) is 5.91 Å². The molecule has 0 saturated carbocycles. The zero-order valence-electron chi connectivity index (χ0n) is 16.8. The van der Waals surface area contributed by atoms with E-state index in [2.05, 4.69) is 20.4 Å². The monoisotopic (exact) mass is 435 g/mol. The maximum Gasteiger partial charge on any atom is 0.244 e. The van der Waals surface area contributed by atoms with Crippen LogP contribution in [0.4, 0.5) is 8.78 Å². The molecule has 2 heterocycles. The number of fused-ring (bicyclic) bond motifs is 1. The molecule has 0 aliphatic rings. The first kappa shape index (κ1) is 21.3. The van der Waals surface area contributed by atoms with Crippen LogP contribution in [-0.4, -0.2) is 37.3 Å². The first-order valence-corrected chi connectivity index (χ1v) is 9.75. The van der Waals surface area contributed by atoms with E-state index in [1.54, 1.807) is 6.07 Å². The Kier molecular flexibility index (Phi) is 6.00. The van der Waals surface area contributed by atoms with Crippen LogP contribution >= 0.6 is 0 Å². The molecule has 2 aromatic heterocycles. The standard InChI is InChI=1S/C23H19F2N5O2/c24-17-6-9-19(20(25)11-17)23(32,13-30-15-26-14-28-30)12-27-22(31)10-8-18-7-5-16-3-1-2-4-21(16)29-18/h1-11,14-15,32H,12-13H2,(H,27,31)/b10-8+. The predicted octanol–water partition coefficient (Wildman–Crippen LogP) is 2.82. The van der Waals surface area contributed by atoms with Crippen molar-refractivity contribution in [1.29, 1.82) is 0 Å². The van der Waals surface area contributed by atoms with Crippen LogP contribution in [0.25, 0.3) is 17.0 Å². The normalized spacial score (nSPS) is 13.3. The summed E-state index contributed by atoms with van der Waals surface area (Å²) in [5.74, 6) is -2.22. The lowest BCUT2D eigenvalue weighted by Crippen LogP contribution is -2.44. The Labute approximate surface area is 182 Å². The van der Waals surface area contributed by atoms with Gasteiger partial charge in [-0.15, -0.1) is 0 Å². The molecule has 0 aliphatic heterocycles. The predicted molar refractivity (Wildman–Crippen MR) is 114 cm³/mol. The van der Waals surface area contributed by atoms with Gasteiger partial charge in [-0.2, -0.15) is 5.10 Å². The Hall–Kier alpha value is -3.98. The van der Waals surface area contributed by atoms with E-state index in [1.165, 1.54) is 29.5 Å². The van der Waals surface area contributed by atoms with Crippen molar-refractivity contribution in [3.8, 4) is 0 Å². The number of hydrogen-bond donors (Lipinski definition) is 2. The van der Waals surface area contributed by atoms with Crippen LogP contribution in [0.3, 0.4) is 0 Å². The second kappa shape index (κ2) is 9.03. The summed E-state index contributed by atoms with van der Waals surface area (Å²) in [4.78, 5) is 20.6. The molecule has 0 saturated heterocycles. The number of aromatic nitrogens is 4. The minimum absolute atomic E-state index is 0.171. The second-order valence-corrected chi connectivity index (χ2v) is 7.23. The SMILES string of the molecule is O=C(/C=C/c1ccc2ccccc2n1)NCC(O)(Cn1cncn1)c1ccc(F)cc1F. The number of amides is 1. The van der Waals surface area contributed by atoms with Crippen LogP contribution in [-0.2, 0) is 16.9 Å². The average Bonchev–Trinajstić information content (AvgIpc) is 3.28. The minimum atomic E-state index is -1.89. The Morgan fingerprint density at radius 1 is 1.16 bits per heavy atom. The van der Waals surface area contributed by atoms with Crippen LogP contribution in [0.15, 0.2) is 73.3 Å². The van der Waals surface area contributed by atoms with E-state index in [0.29, 0.717) is 11.8 Å². The zero-order valence-corrected chi connectivity index (χ0v) is 16.8. The van der Waals surface area contributed by atoms with E-state index in [0.717, 1.165) is 23.0 Å². The van der Waals surface area contributed by atoms with Gasteiger partial charge in [-0.3, -0.25) is 4.79 Å². The first-order chi connectivity index (χ1) is 15.4. The third-order valence-corrected chi connectivity index (χ3v) is 4.90. The molecule has 2 N–H and O–H groups in total. The van der Waals surface area contributed by atoms with Crippen molar-refractivity contribution in [2.45, 2.75) is 12.1 Å². The number of nitrogens with zero attached hydrogens (tertiary/aromatic N) is 4. The van der Waals surface area contributed by atoms with E-state index in [-0.39, 0.29) is 18.7 Å². The molecule has 0 fully saturated rings. The fourth-order valence-electron chi connectivity index (χ4n) is 3.31. The molecule has 1 atom stereocenters. The summed E-state index contributed by atoms with van der Waals surface area (Å²) >= 11 is 0. The highest BCUT2D eigenvalue weighted by Crippen LogP contribution is 2.26. The Morgan fingerprint density at radius 2 is 2.00 bits per heavy atom. The van der Waals surface area contributed by atoms with E-state index in [1.807, 2.05) is 30.3 Å². The van der Waals surface area contributed by atoms with Crippen LogP contribution in [0.5, 0.6) is 0 Å². The van der Waals surface area contributed by atoms with E-state index >= 15 is 0 Å². The van der Waals surface area contributed by atoms with Gasteiger partial charge in [-0.05, 0) is 24.3 Å². The Bertz CT molecular complexity index is 1280. The number of para-hydroxylation sites is 1. The van der Waals surface area contributed by atoms with Gasteiger partial charge in [0.05, 0.1) is 24.3 Å². The lowest BCUT2D eigenvalue weighted by Gasteiger charge is -2.29. The number of halogens is 2. The van der Waals surface area contributed by atoms with Crippen LogP contribution < -0.4 is 5.32 Å². The maximum atomic E-state index is 14.4. The number of benzene rings is 2. The third kappa shape index (κ3) is 4.84. The topological polar surface area (TPSA) is 92.9 Å². The molecule has 4 rings (SSSR count). The lowest BCUT2D eigenvalue weighted by molar-refractivity contribution is -0.118. The summed E-state index contributed by atoms with van der Waals surface area (Å²) in [5, 5.41) is 18.6. The van der Waals surface area contributed by atoms with Crippen molar-refractivity contribution in [3.05, 3.63) is 96.2 Å².